The average Bonchev–Trinajstić information content (AvgIpc) is 2.30. The molecule has 0 saturated carbocycles. The van der Waals surface area contributed by atoms with Gasteiger partial charge in [-0.2, -0.15) is 0 Å². The Bertz CT molecular complexity index is 222. The maximum Gasteiger partial charge on any atom is 0.0500 e. The molecule has 0 aromatic carbocycles. The summed E-state index contributed by atoms with van der Waals surface area (Å²) in [5, 5.41) is 3.71. The molecule has 1 aliphatic heterocycles. The number of nitrogens with one attached hydrogen (secondary N) is 1. The van der Waals surface area contributed by atoms with Gasteiger partial charge in [0.2, 0.25) is 0 Å². The van der Waals surface area contributed by atoms with Crippen molar-refractivity contribution < 1.29 is 4.74 Å². The number of hydrogen-bond donors (Lipinski definition) is 1. The first-order valence-corrected chi connectivity index (χ1v) is 7.02. The van der Waals surface area contributed by atoms with Crippen LogP contribution in [0.1, 0.15) is 40.5 Å². The number of rotatable bonds is 6. The molecule has 3 unspecified atom stereocenters. The first kappa shape index (κ1) is 14.9. The molecular formula is C14H30N2O. The van der Waals surface area contributed by atoms with Crippen LogP contribution in [0.2, 0.25) is 0 Å². The SMILES string of the molecule is CCC1CNC(C)(CC)CN1CC(C)COC. The zero-order valence-electron chi connectivity index (χ0n) is 12.3. The van der Waals surface area contributed by atoms with Crippen molar-refractivity contribution in [1.82, 2.24) is 10.2 Å². The van der Waals surface area contributed by atoms with Crippen molar-refractivity contribution in [2.75, 3.05) is 33.4 Å². The predicted octanol–water partition coefficient (Wildman–Crippen LogP) is 2.12. The third-order valence-corrected chi connectivity index (χ3v) is 4.08. The molecule has 1 rings (SSSR count). The van der Waals surface area contributed by atoms with Crippen LogP contribution >= 0.6 is 0 Å². The number of piperazine rings is 1. The van der Waals surface area contributed by atoms with E-state index in [2.05, 4.69) is 37.9 Å². The molecule has 1 saturated heterocycles. The highest BCUT2D eigenvalue weighted by Gasteiger charge is 2.33. The Kier molecular flexibility index (Phi) is 5.90. The summed E-state index contributed by atoms with van der Waals surface area (Å²) in [7, 11) is 1.79. The van der Waals surface area contributed by atoms with Gasteiger partial charge in [0.1, 0.15) is 0 Å². The lowest BCUT2D eigenvalue weighted by Crippen LogP contribution is -2.63. The van der Waals surface area contributed by atoms with Crippen LogP contribution in [-0.4, -0.2) is 49.8 Å². The van der Waals surface area contributed by atoms with Crippen LogP contribution in [0.25, 0.3) is 0 Å². The van der Waals surface area contributed by atoms with Gasteiger partial charge in [-0.3, -0.25) is 4.90 Å². The summed E-state index contributed by atoms with van der Waals surface area (Å²) in [4.78, 5) is 2.66. The van der Waals surface area contributed by atoms with Gasteiger partial charge in [0, 0.05) is 44.9 Å². The van der Waals surface area contributed by atoms with E-state index >= 15 is 0 Å². The van der Waals surface area contributed by atoms with Crippen LogP contribution in [0.3, 0.4) is 0 Å². The Balaban J connectivity index is 2.57. The van der Waals surface area contributed by atoms with E-state index in [4.69, 9.17) is 4.74 Å². The molecule has 0 spiro atoms. The molecule has 0 aromatic heterocycles. The van der Waals surface area contributed by atoms with Crippen LogP contribution in [-0.2, 0) is 4.74 Å². The highest BCUT2D eigenvalue weighted by atomic mass is 16.5. The summed E-state index contributed by atoms with van der Waals surface area (Å²) < 4.78 is 5.25. The van der Waals surface area contributed by atoms with Gasteiger partial charge < -0.3 is 10.1 Å². The maximum atomic E-state index is 5.25. The molecule has 3 nitrogen and oxygen atoms in total. The average molecular weight is 242 g/mol. The minimum Gasteiger partial charge on any atom is -0.384 e. The van der Waals surface area contributed by atoms with E-state index < -0.39 is 0 Å². The lowest BCUT2D eigenvalue weighted by atomic mass is 9.92. The minimum absolute atomic E-state index is 0.290. The van der Waals surface area contributed by atoms with Gasteiger partial charge in [0.05, 0.1) is 0 Å². The van der Waals surface area contributed by atoms with Crippen molar-refractivity contribution >= 4 is 0 Å². The Morgan fingerprint density at radius 3 is 2.71 bits per heavy atom. The van der Waals surface area contributed by atoms with Gasteiger partial charge >= 0.3 is 0 Å². The molecule has 3 heteroatoms. The van der Waals surface area contributed by atoms with Crippen LogP contribution < -0.4 is 5.32 Å². The summed E-state index contributed by atoms with van der Waals surface area (Å²) in [5.74, 6) is 0.619. The summed E-state index contributed by atoms with van der Waals surface area (Å²) in [6.07, 6.45) is 2.42. The maximum absolute atomic E-state index is 5.25. The number of nitrogens with zero attached hydrogens (tertiary/aromatic N) is 1. The van der Waals surface area contributed by atoms with E-state index in [9.17, 15) is 0 Å². The molecular weight excluding hydrogens is 212 g/mol. The Morgan fingerprint density at radius 1 is 1.47 bits per heavy atom. The number of methoxy groups -OCH3 is 1. The standard InChI is InChI=1S/C14H30N2O/c1-6-13-8-15-14(4,7-2)11-16(13)9-12(3)10-17-5/h12-13,15H,6-11H2,1-5H3. The summed E-state index contributed by atoms with van der Waals surface area (Å²) >= 11 is 0. The van der Waals surface area contributed by atoms with Crippen LogP contribution in [0.15, 0.2) is 0 Å². The molecule has 0 amide bonds. The van der Waals surface area contributed by atoms with Gasteiger partial charge in [-0.1, -0.05) is 20.8 Å². The lowest BCUT2D eigenvalue weighted by Gasteiger charge is -2.46. The van der Waals surface area contributed by atoms with Crippen LogP contribution in [0, 0.1) is 5.92 Å². The Labute approximate surface area is 107 Å². The van der Waals surface area contributed by atoms with Crippen molar-refractivity contribution in [2.45, 2.75) is 52.1 Å². The molecule has 1 aliphatic rings. The van der Waals surface area contributed by atoms with Crippen LogP contribution in [0.5, 0.6) is 0 Å². The zero-order valence-corrected chi connectivity index (χ0v) is 12.3. The number of ether oxygens (including phenoxy) is 1. The highest BCUT2D eigenvalue weighted by Crippen LogP contribution is 2.21. The van der Waals surface area contributed by atoms with Crippen molar-refractivity contribution in [3.63, 3.8) is 0 Å². The van der Waals surface area contributed by atoms with Crippen molar-refractivity contribution in [1.29, 1.82) is 0 Å². The van der Waals surface area contributed by atoms with Crippen molar-refractivity contribution in [2.24, 2.45) is 5.92 Å². The summed E-state index contributed by atoms with van der Waals surface area (Å²) in [6, 6.07) is 0.689. The smallest absolute Gasteiger partial charge is 0.0500 e. The third kappa shape index (κ3) is 4.23. The molecule has 0 aliphatic carbocycles. The molecule has 1 heterocycles. The second kappa shape index (κ2) is 6.72. The number of hydrogen-bond acceptors (Lipinski definition) is 3. The third-order valence-electron chi connectivity index (χ3n) is 4.08. The molecule has 1 fully saturated rings. The molecule has 1 N–H and O–H groups in total. The fourth-order valence-electron chi connectivity index (χ4n) is 2.72. The first-order chi connectivity index (χ1) is 8.04. The molecule has 0 radical (unpaired) electrons. The van der Waals surface area contributed by atoms with E-state index in [1.165, 1.54) is 12.8 Å². The highest BCUT2D eigenvalue weighted by molar-refractivity contribution is 4.94. The molecule has 0 aromatic rings. The molecule has 102 valence electrons. The monoisotopic (exact) mass is 242 g/mol. The van der Waals surface area contributed by atoms with Crippen molar-refractivity contribution in [3.8, 4) is 0 Å². The molecule has 0 bridgehead atoms. The topological polar surface area (TPSA) is 24.5 Å². The second-order valence-electron chi connectivity index (χ2n) is 5.85. The van der Waals surface area contributed by atoms with Gasteiger partial charge in [0.25, 0.3) is 0 Å². The Hall–Kier alpha value is -0.120. The summed E-state index contributed by atoms with van der Waals surface area (Å²) in [5.41, 5.74) is 0.290. The minimum atomic E-state index is 0.290. The fraction of sp³-hybridized carbons (Fsp3) is 1.00. The quantitative estimate of drug-likeness (QED) is 0.772. The van der Waals surface area contributed by atoms with E-state index in [1.807, 2.05) is 0 Å². The van der Waals surface area contributed by atoms with Gasteiger partial charge in [-0.05, 0) is 25.7 Å². The summed E-state index contributed by atoms with van der Waals surface area (Å²) in [6.45, 7) is 13.5. The van der Waals surface area contributed by atoms with Crippen molar-refractivity contribution in [3.05, 3.63) is 0 Å². The largest absolute Gasteiger partial charge is 0.384 e. The zero-order chi connectivity index (χ0) is 12.9. The Morgan fingerprint density at radius 2 is 2.18 bits per heavy atom. The lowest BCUT2D eigenvalue weighted by molar-refractivity contribution is 0.0522. The van der Waals surface area contributed by atoms with E-state index in [0.29, 0.717) is 17.5 Å². The van der Waals surface area contributed by atoms with Gasteiger partial charge in [-0.25, -0.2) is 0 Å². The first-order valence-electron chi connectivity index (χ1n) is 7.02. The van der Waals surface area contributed by atoms with Gasteiger partial charge in [-0.15, -0.1) is 0 Å². The molecule has 3 atom stereocenters. The normalized spacial score (nSPS) is 32.6. The molecule has 17 heavy (non-hydrogen) atoms. The van der Waals surface area contributed by atoms with E-state index in [1.54, 1.807) is 7.11 Å². The van der Waals surface area contributed by atoms with Gasteiger partial charge in [0.15, 0.2) is 0 Å². The fourth-order valence-corrected chi connectivity index (χ4v) is 2.72. The van der Waals surface area contributed by atoms with E-state index in [-0.39, 0.29) is 0 Å². The van der Waals surface area contributed by atoms with E-state index in [0.717, 1.165) is 26.2 Å². The predicted molar refractivity (Wildman–Crippen MR) is 73.4 cm³/mol. The second-order valence-corrected chi connectivity index (χ2v) is 5.85. The van der Waals surface area contributed by atoms with Crippen LogP contribution in [0.4, 0.5) is 0 Å².